The maximum absolute atomic E-state index is 13.0. The lowest BCUT2D eigenvalue weighted by Crippen LogP contribution is -2.30. The summed E-state index contributed by atoms with van der Waals surface area (Å²) >= 11 is 0. The lowest BCUT2D eigenvalue weighted by atomic mass is 9.99. The van der Waals surface area contributed by atoms with E-state index in [-0.39, 0.29) is 25.7 Å². The van der Waals surface area contributed by atoms with Crippen molar-refractivity contribution in [2.24, 2.45) is 17.8 Å². The third kappa shape index (κ3) is 54.7. The van der Waals surface area contributed by atoms with E-state index in [1.54, 1.807) is 0 Å². The molecule has 0 aromatic rings. The number of phosphoric ester groups is 2. The van der Waals surface area contributed by atoms with Gasteiger partial charge in [0.2, 0.25) is 0 Å². The zero-order chi connectivity index (χ0) is 61.0. The molecule has 0 heterocycles. The highest BCUT2D eigenvalue weighted by atomic mass is 31.2. The number of phosphoric acid groups is 2. The van der Waals surface area contributed by atoms with Crippen LogP contribution in [0.1, 0.15) is 305 Å². The van der Waals surface area contributed by atoms with E-state index in [1.165, 1.54) is 103 Å². The number of aliphatic hydroxyl groups is 1. The van der Waals surface area contributed by atoms with Crippen molar-refractivity contribution >= 4 is 39.5 Å². The molecule has 7 atom stereocenters. The number of hydrogen-bond acceptors (Lipinski definition) is 15. The molecule has 0 radical (unpaired) electrons. The summed E-state index contributed by atoms with van der Waals surface area (Å²) in [6.45, 7) is 11.7. The van der Waals surface area contributed by atoms with E-state index in [0.717, 1.165) is 115 Å². The molecule has 0 amide bonds. The molecule has 0 aliphatic heterocycles. The van der Waals surface area contributed by atoms with Gasteiger partial charge in [-0.2, -0.15) is 0 Å². The molecule has 486 valence electrons. The first-order valence-electron chi connectivity index (χ1n) is 32.9. The topological polar surface area (TPSA) is 237 Å². The average molecular weight is 1210 g/mol. The van der Waals surface area contributed by atoms with Crippen LogP contribution < -0.4 is 0 Å². The van der Waals surface area contributed by atoms with Gasteiger partial charge >= 0.3 is 39.5 Å². The van der Waals surface area contributed by atoms with E-state index in [4.69, 9.17) is 37.0 Å². The number of hydrogen-bond donors (Lipinski definition) is 3. The Morgan fingerprint density at radius 2 is 0.622 bits per heavy atom. The fourth-order valence-electron chi connectivity index (χ4n) is 9.24. The SMILES string of the molecule is CCCCCCCCCC(=O)OC[C@H](COP(=O)(O)OC[C@H](O)COP(=O)(O)OC[C@@H](COC(=O)CCCCCCCCCCC(C)CC)OC(=O)CCCCCCCCCCCCC(C)CC)OC(=O)CCCCCCCCC(C)C. The lowest BCUT2D eigenvalue weighted by Gasteiger charge is -2.21. The van der Waals surface area contributed by atoms with Crippen molar-refractivity contribution < 1.29 is 80.2 Å². The smallest absolute Gasteiger partial charge is 0.462 e. The van der Waals surface area contributed by atoms with E-state index < -0.39 is 97.5 Å². The van der Waals surface area contributed by atoms with Crippen molar-refractivity contribution in [1.82, 2.24) is 0 Å². The summed E-state index contributed by atoms with van der Waals surface area (Å²) in [5.41, 5.74) is 0. The van der Waals surface area contributed by atoms with Crippen LogP contribution in [0.3, 0.4) is 0 Å². The molecule has 0 rings (SSSR count). The average Bonchev–Trinajstić information content (AvgIpc) is 3.44. The third-order valence-corrected chi connectivity index (χ3v) is 17.0. The second kappa shape index (κ2) is 54.5. The van der Waals surface area contributed by atoms with E-state index in [1.807, 2.05) is 0 Å². The first-order chi connectivity index (χ1) is 39.3. The second-order valence-corrected chi connectivity index (χ2v) is 26.7. The molecule has 4 unspecified atom stereocenters. The molecular formula is C63H122O17P2. The molecule has 82 heavy (non-hydrogen) atoms. The van der Waals surface area contributed by atoms with Crippen LogP contribution in [0, 0.1) is 17.8 Å². The van der Waals surface area contributed by atoms with Gasteiger partial charge in [0.1, 0.15) is 19.3 Å². The van der Waals surface area contributed by atoms with Crippen LogP contribution in [0.15, 0.2) is 0 Å². The van der Waals surface area contributed by atoms with E-state index in [0.29, 0.717) is 31.6 Å². The van der Waals surface area contributed by atoms with Crippen LogP contribution in [0.5, 0.6) is 0 Å². The molecule has 0 spiro atoms. The van der Waals surface area contributed by atoms with Crippen LogP contribution in [0.25, 0.3) is 0 Å². The van der Waals surface area contributed by atoms with E-state index in [9.17, 15) is 43.2 Å². The van der Waals surface area contributed by atoms with Crippen LogP contribution in [-0.4, -0.2) is 96.7 Å². The Labute approximate surface area is 498 Å². The van der Waals surface area contributed by atoms with Crippen molar-refractivity contribution in [3.8, 4) is 0 Å². The zero-order valence-corrected chi connectivity index (χ0v) is 54.7. The van der Waals surface area contributed by atoms with Gasteiger partial charge in [0.05, 0.1) is 26.4 Å². The predicted octanol–water partition coefficient (Wildman–Crippen LogP) is 17.1. The number of aliphatic hydroxyl groups excluding tert-OH is 1. The summed E-state index contributed by atoms with van der Waals surface area (Å²) in [4.78, 5) is 72.0. The molecule has 0 aliphatic carbocycles. The normalized spacial score (nSPS) is 15.1. The monoisotopic (exact) mass is 1210 g/mol. The minimum Gasteiger partial charge on any atom is -0.462 e. The number of unbranched alkanes of at least 4 members (excludes halogenated alkanes) is 27. The Bertz CT molecular complexity index is 1630. The molecule has 3 N–H and O–H groups in total. The van der Waals surface area contributed by atoms with Crippen molar-refractivity contribution in [2.75, 3.05) is 39.6 Å². The molecule has 17 nitrogen and oxygen atoms in total. The fraction of sp³-hybridized carbons (Fsp3) is 0.937. The standard InChI is InChI=1S/C63H122O17P2/c1-8-11-12-13-20-30-37-44-60(65)73-50-59(80-63(68)47-40-33-26-25-27-34-41-54(4)5)53-78-82(71,72)76-49-57(64)48-75-81(69,70)77-52-58(51-74-61(66)45-38-31-23-19-18-22-29-36-43-56(7)10-3)79-62(67)46-39-32-24-17-15-14-16-21-28-35-42-55(6)9-2/h54-59,64H,8-53H2,1-7H3,(H,69,70)(H,71,72)/t55?,56?,57-,58-,59-/m1/s1. The van der Waals surface area contributed by atoms with Gasteiger partial charge in [0, 0.05) is 25.7 Å². The molecule has 0 aromatic heterocycles. The molecule has 0 saturated heterocycles. The summed E-state index contributed by atoms with van der Waals surface area (Å²) < 4.78 is 67.8. The molecule has 0 saturated carbocycles. The first kappa shape index (κ1) is 80.1. The van der Waals surface area contributed by atoms with Gasteiger partial charge in [-0.1, -0.05) is 254 Å². The number of carbonyl (C=O) groups excluding carboxylic acids is 4. The van der Waals surface area contributed by atoms with Crippen molar-refractivity contribution in [3.05, 3.63) is 0 Å². The van der Waals surface area contributed by atoms with Gasteiger partial charge in [-0.25, -0.2) is 9.13 Å². The Morgan fingerprint density at radius 1 is 0.354 bits per heavy atom. The van der Waals surface area contributed by atoms with E-state index in [2.05, 4.69) is 48.5 Å². The van der Waals surface area contributed by atoms with Crippen LogP contribution in [0.4, 0.5) is 0 Å². The highest BCUT2D eigenvalue weighted by Gasteiger charge is 2.30. The van der Waals surface area contributed by atoms with Crippen LogP contribution in [0.2, 0.25) is 0 Å². The van der Waals surface area contributed by atoms with E-state index >= 15 is 0 Å². The van der Waals surface area contributed by atoms with Crippen molar-refractivity contribution in [2.45, 2.75) is 324 Å². The first-order valence-corrected chi connectivity index (χ1v) is 35.9. The van der Waals surface area contributed by atoms with Crippen molar-refractivity contribution in [3.63, 3.8) is 0 Å². The number of esters is 4. The van der Waals surface area contributed by atoms with Crippen molar-refractivity contribution in [1.29, 1.82) is 0 Å². The van der Waals surface area contributed by atoms with Gasteiger partial charge < -0.3 is 33.8 Å². The number of ether oxygens (including phenoxy) is 4. The largest absolute Gasteiger partial charge is 0.472 e. The molecule has 0 fully saturated rings. The number of carbonyl (C=O) groups is 4. The van der Waals surface area contributed by atoms with Gasteiger partial charge in [-0.15, -0.1) is 0 Å². The van der Waals surface area contributed by atoms with Gasteiger partial charge in [0.25, 0.3) is 0 Å². The Hall–Kier alpha value is -1.94. The predicted molar refractivity (Wildman–Crippen MR) is 326 cm³/mol. The molecule has 0 bridgehead atoms. The summed E-state index contributed by atoms with van der Waals surface area (Å²) in [6.07, 6.45) is 35.0. The summed E-state index contributed by atoms with van der Waals surface area (Å²) in [6, 6.07) is 0. The molecule has 19 heteroatoms. The molecular weight excluding hydrogens is 1090 g/mol. The van der Waals surface area contributed by atoms with Gasteiger partial charge in [0.15, 0.2) is 12.2 Å². The summed E-state index contributed by atoms with van der Waals surface area (Å²) in [5.74, 6) is 0.105. The lowest BCUT2D eigenvalue weighted by molar-refractivity contribution is -0.161. The highest BCUT2D eigenvalue weighted by molar-refractivity contribution is 7.47. The van der Waals surface area contributed by atoms with Gasteiger partial charge in [-0.05, 0) is 43.4 Å². The van der Waals surface area contributed by atoms with Crippen LogP contribution >= 0.6 is 15.6 Å². The Morgan fingerprint density at radius 3 is 0.927 bits per heavy atom. The highest BCUT2D eigenvalue weighted by Crippen LogP contribution is 2.45. The maximum Gasteiger partial charge on any atom is 0.472 e. The maximum atomic E-state index is 13.0. The summed E-state index contributed by atoms with van der Waals surface area (Å²) in [5, 5.41) is 10.5. The minimum absolute atomic E-state index is 0.101. The minimum atomic E-state index is -4.94. The molecule has 0 aromatic carbocycles. The zero-order valence-electron chi connectivity index (χ0n) is 52.9. The Balaban J connectivity index is 5.23. The van der Waals surface area contributed by atoms with Crippen LogP contribution in [-0.2, 0) is 65.4 Å². The Kier molecular flexibility index (Phi) is 53.2. The second-order valence-electron chi connectivity index (χ2n) is 23.8. The number of rotatable bonds is 61. The quantitative estimate of drug-likeness (QED) is 0.0222. The fourth-order valence-corrected chi connectivity index (χ4v) is 10.8. The third-order valence-electron chi connectivity index (χ3n) is 15.1. The summed E-state index contributed by atoms with van der Waals surface area (Å²) in [7, 11) is -9.88. The molecule has 0 aliphatic rings. The van der Waals surface area contributed by atoms with Gasteiger partial charge in [-0.3, -0.25) is 37.3 Å².